The van der Waals surface area contributed by atoms with Crippen LogP contribution in [0.1, 0.15) is 22.8 Å². The van der Waals surface area contributed by atoms with Crippen LogP contribution in [0, 0.1) is 5.82 Å². The first-order valence-electron chi connectivity index (χ1n) is 10.7. The molecule has 0 N–H and O–H groups in total. The maximum atomic E-state index is 14.1. The maximum absolute atomic E-state index is 14.1. The van der Waals surface area contributed by atoms with Gasteiger partial charge in [-0.15, -0.1) is 0 Å². The molecule has 0 bridgehead atoms. The molecule has 2 heterocycles. The van der Waals surface area contributed by atoms with Gasteiger partial charge in [0.2, 0.25) is 5.78 Å². The van der Waals surface area contributed by atoms with E-state index in [-0.39, 0.29) is 40.7 Å². The Balaban J connectivity index is 1.36. The Morgan fingerprint density at radius 2 is 1.88 bits per heavy atom. The van der Waals surface area contributed by atoms with Crippen molar-refractivity contribution in [1.82, 2.24) is 9.80 Å². The molecule has 2 aliphatic rings. The molecule has 0 aromatic heterocycles. The third-order valence-electron chi connectivity index (χ3n) is 5.44. The Kier molecular flexibility index (Phi) is 7.02. The van der Waals surface area contributed by atoms with E-state index in [1.165, 1.54) is 36.4 Å². The van der Waals surface area contributed by atoms with Crippen molar-refractivity contribution in [2.45, 2.75) is 6.92 Å². The van der Waals surface area contributed by atoms with Gasteiger partial charge in [-0.25, -0.2) is 9.18 Å². The summed E-state index contributed by atoms with van der Waals surface area (Å²) in [6, 6.07) is 8.82. The lowest BCUT2D eigenvalue weighted by Crippen LogP contribution is -2.51. The topological polar surface area (TPSA) is 85.4 Å². The number of allylic oxidation sites excluding steroid dienone is 1. The van der Waals surface area contributed by atoms with Gasteiger partial charge in [-0.1, -0.05) is 17.7 Å². The molecule has 0 spiro atoms. The molecule has 178 valence electrons. The van der Waals surface area contributed by atoms with Gasteiger partial charge in [-0.3, -0.25) is 9.59 Å². The predicted molar refractivity (Wildman–Crippen MR) is 121 cm³/mol. The van der Waals surface area contributed by atoms with Crippen LogP contribution in [0.2, 0.25) is 5.02 Å². The summed E-state index contributed by atoms with van der Waals surface area (Å²) in [6.07, 6.45) is 0.879. The second kappa shape index (κ2) is 10.1. The minimum Gasteiger partial charge on any atom is -0.484 e. The number of ketones is 1. The maximum Gasteiger partial charge on any atom is 0.409 e. The summed E-state index contributed by atoms with van der Waals surface area (Å²) in [5.41, 5.74) is 0.359. The summed E-state index contributed by atoms with van der Waals surface area (Å²) < 4.78 is 30.3. The Hall–Kier alpha value is -3.59. The molecular formula is C24H22ClFN2O6. The van der Waals surface area contributed by atoms with Crippen LogP contribution in [0.3, 0.4) is 0 Å². The van der Waals surface area contributed by atoms with E-state index in [1.54, 1.807) is 22.8 Å². The average Bonchev–Trinajstić information content (AvgIpc) is 3.14. The second-order valence-electron chi connectivity index (χ2n) is 7.59. The Bertz CT molecular complexity index is 1140. The Morgan fingerprint density at radius 3 is 2.59 bits per heavy atom. The number of hydrogen-bond acceptors (Lipinski definition) is 6. The number of carbonyl (C=O) groups is 3. The van der Waals surface area contributed by atoms with E-state index in [1.807, 2.05) is 0 Å². The minimum atomic E-state index is -0.571. The number of nitrogens with zero attached hydrogens (tertiary/aromatic N) is 2. The number of fused-ring (bicyclic) bond motifs is 1. The molecule has 1 saturated heterocycles. The number of carbonyl (C=O) groups excluding carboxylic acids is 3. The summed E-state index contributed by atoms with van der Waals surface area (Å²) in [6.45, 7) is 3.38. The quantitative estimate of drug-likeness (QED) is 0.595. The van der Waals surface area contributed by atoms with E-state index in [0.29, 0.717) is 44.1 Å². The highest BCUT2D eigenvalue weighted by atomic mass is 35.5. The van der Waals surface area contributed by atoms with E-state index < -0.39 is 11.6 Å². The molecule has 0 saturated carbocycles. The van der Waals surface area contributed by atoms with Gasteiger partial charge in [0.05, 0.1) is 17.2 Å². The number of amides is 2. The largest absolute Gasteiger partial charge is 0.484 e. The fourth-order valence-corrected chi connectivity index (χ4v) is 3.84. The number of benzene rings is 2. The van der Waals surface area contributed by atoms with Crippen molar-refractivity contribution in [2.24, 2.45) is 0 Å². The second-order valence-corrected chi connectivity index (χ2v) is 8.00. The van der Waals surface area contributed by atoms with Gasteiger partial charge in [0.25, 0.3) is 5.91 Å². The van der Waals surface area contributed by atoms with Gasteiger partial charge >= 0.3 is 6.09 Å². The monoisotopic (exact) mass is 488 g/mol. The molecule has 8 nitrogen and oxygen atoms in total. The zero-order valence-electron chi connectivity index (χ0n) is 18.4. The van der Waals surface area contributed by atoms with E-state index in [9.17, 15) is 18.8 Å². The lowest BCUT2D eigenvalue weighted by molar-refractivity contribution is -0.134. The molecule has 0 radical (unpaired) electrons. The number of ether oxygens (including phenoxy) is 3. The molecule has 2 aromatic rings. The van der Waals surface area contributed by atoms with Gasteiger partial charge in [0.1, 0.15) is 17.3 Å². The summed E-state index contributed by atoms with van der Waals surface area (Å²) >= 11 is 6.03. The average molecular weight is 489 g/mol. The molecule has 2 aliphatic heterocycles. The van der Waals surface area contributed by atoms with Crippen molar-refractivity contribution in [2.75, 3.05) is 39.4 Å². The highest BCUT2D eigenvalue weighted by molar-refractivity contribution is 6.32. The zero-order chi connectivity index (χ0) is 24.2. The smallest absolute Gasteiger partial charge is 0.409 e. The molecule has 2 aromatic carbocycles. The third-order valence-corrected chi connectivity index (χ3v) is 5.77. The van der Waals surface area contributed by atoms with Gasteiger partial charge in [0.15, 0.2) is 12.4 Å². The zero-order valence-corrected chi connectivity index (χ0v) is 19.1. The standard InChI is InChI=1S/C24H22ClFN2O6/c1-2-32-24(31)28-10-8-27(9-11-28)22(29)14-33-15-6-7-16-20(12-15)34-21(23(16)30)13-17-18(25)4-3-5-19(17)26/h3-7,12-13H,2,8-11,14H2,1H3. The molecule has 1 fully saturated rings. The Labute approximate surface area is 200 Å². The van der Waals surface area contributed by atoms with Crippen LogP contribution in [0.25, 0.3) is 6.08 Å². The number of rotatable bonds is 5. The van der Waals surface area contributed by atoms with Crippen molar-refractivity contribution in [3.8, 4) is 11.5 Å². The van der Waals surface area contributed by atoms with Crippen LogP contribution in [0.4, 0.5) is 9.18 Å². The summed E-state index contributed by atoms with van der Waals surface area (Å²) in [7, 11) is 0. The van der Waals surface area contributed by atoms with Crippen molar-refractivity contribution < 1.29 is 33.0 Å². The van der Waals surface area contributed by atoms with Crippen LogP contribution in [-0.4, -0.2) is 67.0 Å². The van der Waals surface area contributed by atoms with Gasteiger partial charge in [-0.2, -0.15) is 0 Å². The van der Waals surface area contributed by atoms with Crippen molar-refractivity contribution in [3.63, 3.8) is 0 Å². The van der Waals surface area contributed by atoms with Crippen molar-refractivity contribution >= 4 is 35.5 Å². The van der Waals surface area contributed by atoms with E-state index in [0.717, 1.165) is 0 Å². The molecule has 0 aliphatic carbocycles. The van der Waals surface area contributed by atoms with Gasteiger partial charge < -0.3 is 24.0 Å². The van der Waals surface area contributed by atoms with Crippen molar-refractivity contribution in [1.29, 1.82) is 0 Å². The van der Waals surface area contributed by atoms with Crippen LogP contribution in [0.5, 0.6) is 11.5 Å². The van der Waals surface area contributed by atoms with Crippen LogP contribution < -0.4 is 9.47 Å². The fraction of sp³-hybridized carbons (Fsp3) is 0.292. The third kappa shape index (κ3) is 4.99. The Morgan fingerprint density at radius 1 is 1.15 bits per heavy atom. The van der Waals surface area contributed by atoms with Crippen LogP contribution >= 0.6 is 11.6 Å². The van der Waals surface area contributed by atoms with Gasteiger partial charge in [0, 0.05) is 37.8 Å². The molecular weight excluding hydrogens is 467 g/mol. The molecule has 2 amide bonds. The highest BCUT2D eigenvalue weighted by Gasteiger charge is 2.29. The molecule has 0 unspecified atom stereocenters. The number of piperazine rings is 1. The molecule has 34 heavy (non-hydrogen) atoms. The number of hydrogen-bond donors (Lipinski definition) is 0. The number of Topliss-reactive ketones (excluding diaryl/α,β-unsaturated/α-hetero) is 1. The van der Waals surface area contributed by atoms with Crippen LogP contribution in [0.15, 0.2) is 42.2 Å². The first-order valence-corrected chi connectivity index (χ1v) is 11.1. The highest BCUT2D eigenvalue weighted by Crippen LogP contribution is 2.35. The molecule has 4 rings (SSSR count). The summed E-state index contributed by atoms with van der Waals surface area (Å²) in [5.74, 6) is -0.674. The minimum absolute atomic E-state index is 0.0605. The van der Waals surface area contributed by atoms with Crippen molar-refractivity contribution in [3.05, 3.63) is 64.1 Å². The van der Waals surface area contributed by atoms with Crippen LogP contribution in [-0.2, 0) is 9.53 Å². The normalized spacial score (nSPS) is 16.3. The molecule has 0 atom stereocenters. The SMILES string of the molecule is CCOC(=O)N1CCN(C(=O)COc2ccc3c(c2)OC(=Cc2c(F)cccc2Cl)C3=O)CC1. The van der Waals surface area contributed by atoms with E-state index in [2.05, 4.69) is 0 Å². The summed E-state index contributed by atoms with van der Waals surface area (Å²) in [5, 5.41) is 0.158. The lowest BCUT2D eigenvalue weighted by atomic mass is 10.1. The molecule has 10 heteroatoms. The van der Waals surface area contributed by atoms with E-state index in [4.69, 9.17) is 25.8 Å². The predicted octanol–water partition coefficient (Wildman–Crippen LogP) is 3.77. The van der Waals surface area contributed by atoms with Gasteiger partial charge in [-0.05, 0) is 37.3 Å². The first kappa shape index (κ1) is 23.6. The summed E-state index contributed by atoms with van der Waals surface area (Å²) in [4.78, 5) is 40.1. The lowest BCUT2D eigenvalue weighted by Gasteiger charge is -2.33. The fourth-order valence-electron chi connectivity index (χ4n) is 3.63. The first-order chi connectivity index (χ1) is 16.4. The van der Waals surface area contributed by atoms with E-state index >= 15 is 0 Å². The number of halogens is 2.